The van der Waals surface area contributed by atoms with E-state index in [0.717, 1.165) is 0 Å². The van der Waals surface area contributed by atoms with Crippen molar-refractivity contribution in [1.29, 1.82) is 0 Å². The van der Waals surface area contributed by atoms with Crippen molar-refractivity contribution in [3.63, 3.8) is 0 Å². The van der Waals surface area contributed by atoms with Gasteiger partial charge < -0.3 is 10.1 Å². The lowest BCUT2D eigenvalue weighted by Gasteiger charge is -2.30. The maximum atomic E-state index is 12.4. The molecule has 0 amide bonds. The zero-order valence-corrected chi connectivity index (χ0v) is 6.87. The van der Waals surface area contributed by atoms with Gasteiger partial charge in [-0.25, -0.2) is 0 Å². The highest BCUT2D eigenvalue weighted by molar-refractivity contribution is 4.96. The monoisotopic (exact) mass is 183 g/mol. The first-order valence-electron chi connectivity index (χ1n) is 3.93. The van der Waals surface area contributed by atoms with Crippen LogP contribution in [0.2, 0.25) is 0 Å². The Labute approximate surface area is 69.1 Å². The highest BCUT2D eigenvalue weighted by Gasteiger charge is 2.57. The normalized spacial score (nSPS) is 31.0. The van der Waals surface area contributed by atoms with Crippen molar-refractivity contribution in [3.05, 3.63) is 0 Å². The van der Waals surface area contributed by atoms with Gasteiger partial charge in [-0.1, -0.05) is 0 Å². The molecule has 0 unspecified atom stereocenters. The molecule has 2 nitrogen and oxygen atoms in total. The lowest BCUT2D eigenvalue weighted by atomic mass is 10.0. The van der Waals surface area contributed by atoms with Crippen molar-refractivity contribution >= 4 is 0 Å². The molecule has 1 aliphatic heterocycles. The van der Waals surface area contributed by atoms with E-state index in [1.807, 2.05) is 0 Å². The third-order valence-electron chi connectivity index (χ3n) is 2.05. The molecule has 5 heteroatoms. The molecule has 0 bridgehead atoms. The van der Waals surface area contributed by atoms with Gasteiger partial charge in [-0.15, -0.1) is 0 Å². The fraction of sp³-hybridized carbons (Fsp3) is 1.00. The molecule has 12 heavy (non-hydrogen) atoms. The van der Waals surface area contributed by atoms with Gasteiger partial charge in [0.2, 0.25) is 0 Å². The molecule has 1 heterocycles. The minimum Gasteiger partial charge on any atom is -0.364 e. The number of hydrogen-bond donors (Lipinski definition) is 1. The predicted molar refractivity (Wildman–Crippen MR) is 37.9 cm³/mol. The van der Waals surface area contributed by atoms with E-state index in [2.05, 4.69) is 5.32 Å². The Morgan fingerprint density at radius 2 is 2.17 bits per heavy atom. The van der Waals surface area contributed by atoms with E-state index in [4.69, 9.17) is 4.74 Å². The van der Waals surface area contributed by atoms with Gasteiger partial charge in [-0.3, -0.25) is 0 Å². The Hall–Kier alpha value is -0.290. The van der Waals surface area contributed by atoms with Crippen molar-refractivity contribution < 1.29 is 17.9 Å². The van der Waals surface area contributed by atoms with Gasteiger partial charge in [0.1, 0.15) is 0 Å². The summed E-state index contributed by atoms with van der Waals surface area (Å²) >= 11 is 0. The fourth-order valence-corrected chi connectivity index (χ4v) is 1.39. The van der Waals surface area contributed by atoms with E-state index in [1.165, 1.54) is 0 Å². The predicted octanol–water partition coefficient (Wildman–Crippen LogP) is 1.32. The van der Waals surface area contributed by atoms with Crippen LogP contribution in [0.4, 0.5) is 13.2 Å². The van der Waals surface area contributed by atoms with Crippen molar-refractivity contribution in [3.8, 4) is 0 Å². The Bertz CT molecular complexity index is 151. The van der Waals surface area contributed by atoms with Crippen molar-refractivity contribution in [2.75, 3.05) is 19.7 Å². The Morgan fingerprint density at radius 3 is 2.50 bits per heavy atom. The molecule has 72 valence electrons. The van der Waals surface area contributed by atoms with Crippen LogP contribution in [0, 0.1) is 0 Å². The van der Waals surface area contributed by atoms with E-state index in [0.29, 0.717) is 6.54 Å². The summed E-state index contributed by atoms with van der Waals surface area (Å²) in [5.41, 5.74) is -1.93. The molecule has 1 saturated heterocycles. The van der Waals surface area contributed by atoms with Gasteiger partial charge in [-0.2, -0.15) is 13.2 Å². The van der Waals surface area contributed by atoms with E-state index in [-0.39, 0.29) is 19.6 Å². The number of halogens is 3. The van der Waals surface area contributed by atoms with Gasteiger partial charge in [0.25, 0.3) is 0 Å². The zero-order chi connectivity index (χ0) is 9.24. The first-order chi connectivity index (χ1) is 5.52. The van der Waals surface area contributed by atoms with E-state index >= 15 is 0 Å². The molecule has 1 fully saturated rings. The minimum atomic E-state index is -4.26. The summed E-state index contributed by atoms with van der Waals surface area (Å²) in [6, 6.07) is 0. The minimum absolute atomic E-state index is 0.0182. The fourth-order valence-electron chi connectivity index (χ4n) is 1.39. The summed E-state index contributed by atoms with van der Waals surface area (Å²) in [6.07, 6.45) is -4.24. The Kier molecular flexibility index (Phi) is 2.63. The van der Waals surface area contributed by atoms with Crippen LogP contribution in [0.1, 0.15) is 13.3 Å². The SMILES string of the molecule is CCO[C@@]1(C(F)(F)F)CCNC1. The first-order valence-corrected chi connectivity index (χ1v) is 3.93. The van der Waals surface area contributed by atoms with Crippen molar-refractivity contribution in [2.45, 2.75) is 25.1 Å². The molecule has 0 saturated carbocycles. The topological polar surface area (TPSA) is 21.3 Å². The lowest BCUT2D eigenvalue weighted by Crippen LogP contribution is -2.49. The van der Waals surface area contributed by atoms with Crippen LogP contribution in [-0.2, 0) is 4.74 Å². The molecule has 1 rings (SSSR count). The molecule has 1 aliphatic rings. The second-order valence-corrected chi connectivity index (χ2v) is 2.85. The van der Waals surface area contributed by atoms with Crippen molar-refractivity contribution in [2.24, 2.45) is 0 Å². The number of ether oxygens (including phenoxy) is 1. The number of rotatable bonds is 2. The molecule has 0 spiro atoms. The van der Waals surface area contributed by atoms with Gasteiger partial charge in [0.15, 0.2) is 5.60 Å². The van der Waals surface area contributed by atoms with Gasteiger partial charge in [-0.05, 0) is 19.9 Å². The molecule has 1 atom stereocenters. The number of alkyl halides is 3. The summed E-state index contributed by atoms with van der Waals surface area (Å²) in [5.74, 6) is 0. The summed E-state index contributed by atoms with van der Waals surface area (Å²) in [7, 11) is 0. The van der Waals surface area contributed by atoms with Gasteiger partial charge >= 0.3 is 6.18 Å². The molecule has 0 aromatic rings. The number of hydrogen-bond acceptors (Lipinski definition) is 2. The smallest absolute Gasteiger partial charge is 0.364 e. The Balaban J connectivity index is 2.72. The second kappa shape index (κ2) is 3.22. The average Bonchev–Trinajstić information content (AvgIpc) is 2.36. The summed E-state index contributed by atoms with van der Waals surface area (Å²) in [5, 5.41) is 2.66. The van der Waals surface area contributed by atoms with E-state index < -0.39 is 11.8 Å². The molecular formula is C7H12F3NO. The molecule has 0 aromatic carbocycles. The summed E-state index contributed by atoms with van der Waals surface area (Å²) in [4.78, 5) is 0. The van der Waals surface area contributed by atoms with Crippen LogP contribution < -0.4 is 5.32 Å². The van der Waals surface area contributed by atoms with E-state index in [1.54, 1.807) is 6.92 Å². The van der Waals surface area contributed by atoms with Crippen LogP contribution in [0.5, 0.6) is 0 Å². The van der Waals surface area contributed by atoms with Gasteiger partial charge in [0.05, 0.1) is 0 Å². The first kappa shape index (κ1) is 9.80. The highest BCUT2D eigenvalue weighted by Crippen LogP contribution is 2.37. The van der Waals surface area contributed by atoms with Crippen LogP contribution in [0.15, 0.2) is 0 Å². The number of nitrogens with one attached hydrogen (secondary N) is 1. The van der Waals surface area contributed by atoms with Crippen LogP contribution in [0.3, 0.4) is 0 Å². The summed E-state index contributed by atoms with van der Waals surface area (Å²) in [6.45, 7) is 1.93. The third kappa shape index (κ3) is 1.56. The molecular weight excluding hydrogens is 171 g/mol. The highest BCUT2D eigenvalue weighted by atomic mass is 19.4. The van der Waals surface area contributed by atoms with Gasteiger partial charge in [0, 0.05) is 13.2 Å². The molecule has 1 N–H and O–H groups in total. The van der Waals surface area contributed by atoms with Crippen LogP contribution in [-0.4, -0.2) is 31.5 Å². The largest absolute Gasteiger partial charge is 0.418 e. The van der Waals surface area contributed by atoms with Crippen molar-refractivity contribution in [1.82, 2.24) is 5.32 Å². The second-order valence-electron chi connectivity index (χ2n) is 2.85. The molecule has 0 aromatic heterocycles. The molecule has 0 radical (unpaired) electrons. The lowest BCUT2D eigenvalue weighted by molar-refractivity contribution is -0.268. The quantitative estimate of drug-likeness (QED) is 0.697. The third-order valence-corrected chi connectivity index (χ3v) is 2.05. The zero-order valence-electron chi connectivity index (χ0n) is 6.87. The summed E-state index contributed by atoms with van der Waals surface area (Å²) < 4.78 is 42.1. The van der Waals surface area contributed by atoms with Crippen LogP contribution >= 0.6 is 0 Å². The Morgan fingerprint density at radius 1 is 1.50 bits per heavy atom. The molecule has 0 aliphatic carbocycles. The average molecular weight is 183 g/mol. The maximum absolute atomic E-state index is 12.4. The van der Waals surface area contributed by atoms with E-state index in [9.17, 15) is 13.2 Å². The van der Waals surface area contributed by atoms with Crippen LogP contribution in [0.25, 0.3) is 0 Å². The standard InChI is InChI=1S/C7H12F3NO/c1-2-12-6(7(8,9)10)3-4-11-5-6/h11H,2-5H2,1H3/t6-/m0/s1. The maximum Gasteiger partial charge on any atom is 0.418 e.